The van der Waals surface area contributed by atoms with Gasteiger partial charge in [-0.15, -0.1) is 0 Å². The Morgan fingerprint density at radius 3 is 2.18 bits per heavy atom. The van der Waals surface area contributed by atoms with Gasteiger partial charge in [-0.2, -0.15) is 0 Å². The van der Waals surface area contributed by atoms with E-state index in [-0.39, 0.29) is 11.8 Å². The van der Waals surface area contributed by atoms with Crippen LogP contribution in [0.1, 0.15) is 12.0 Å². The van der Waals surface area contributed by atoms with Crippen LogP contribution in [0.4, 0.5) is 0 Å². The molecule has 0 unspecified atom stereocenters. The normalized spacial score (nSPS) is 11.9. The van der Waals surface area contributed by atoms with Crippen LogP contribution in [0.3, 0.4) is 0 Å². The maximum Gasteiger partial charge on any atom is 0.500 e. The minimum Gasteiger partial charge on any atom is -0.495 e. The second-order valence-electron chi connectivity index (χ2n) is 3.68. The molecule has 1 aromatic heterocycles. The van der Waals surface area contributed by atoms with Crippen molar-refractivity contribution in [1.29, 1.82) is 0 Å². The van der Waals surface area contributed by atoms with Crippen molar-refractivity contribution < 1.29 is 23.5 Å². The molecule has 0 amide bonds. The van der Waals surface area contributed by atoms with Crippen molar-refractivity contribution in [2.24, 2.45) is 0 Å². The van der Waals surface area contributed by atoms with Gasteiger partial charge in [0.25, 0.3) is 0 Å². The van der Waals surface area contributed by atoms with Crippen molar-refractivity contribution in [3.8, 4) is 11.8 Å². The summed E-state index contributed by atoms with van der Waals surface area (Å²) in [7, 11) is 2.17. The van der Waals surface area contributed by atoms with E-state index in [2.05, 4.69) is 4.98 Å². The Bertz CT molecular complexity index is 342. The van der Waals surface area contributed by atoms with E-state index in [1.807, 2.05) is 0 Å². The number of aromatic hydroxyl groups is 2. The number of rotatable bonds is 7. The van der Waals surface area contributed by atoms with E-state index in [1.165, 1.54) is 6.07 Å². The lowest BCUT2D eigenvalue weighted by atomic mass is 10.2. The fraction of sp³-hybridized carbons (Fsp3) is 0.600. The molecular weight excluding hydrogens is 242 g/mol. The van der Waals surface area contributed by atoms with E-state index in [4.69, 9.17) is 18.4 Å². The fourth-order valence-corrected chi connectivity index (χ4v) is 3.44. The summed E-state index contributed by atoms with van der Waals surface area (Å²) < 4.78 is 15.9. The summed E-state index contributed by atoms with van der Waals surface area (Å²) in [6.07, 6.45) is 1.36. The van der Waals surface area contributed by atoms with Gasteiger partial charge in [-0.1, -0.05) is 0 Å². The minimum atomic E-state index is -2.54. The molecule has 6 nitrogen and oxygen atoms in total. The van der Waals surface area contributed by atoms with Crippen LogP contribution in [-0.4, -0.2) is 45.3 Å². The van der Waals surface area contributed by atoms with Gasteiger partial charge in [-0.05, 0) is 12.8 Å². The third kappa shape index (κ3) is 3.47. The molecule has 98 valence electrons. The summed E-state index contributed by atoms with van der Waals surface area (Å²) in [4.78, 5) is 2.43. The molecule has 0 saturated carbocycles. The Balaban J connectivity index is 2.49. The molecule has 1 aromatic rings. The van der Waals surface area contributed by atoms with Crippen LogP contribution >= 0.6 is 0 Å². The van der Waals surface area contributed by atoms with Crippen LogP contribution in [0.15, 0.2) is 6.07 Å². The summed E-state index contributed by atoms with van der Waals surface area (Å²) in [5.41, 5.74) is 0.675. The minimum absolute atomic E-state index is 0.00187. The summed E-state index contributed by atoms with van der Waals surface area (Å²) >= 11 is 0. The molecule has 0 atom stereocenters. The Kier molecular flexibility index (Phi) is 5.00. The van der Waals surface area contributed by atoms with Crippen molar-refractivity contribution in [3.63, 3.8) is 0 Å². The second kappa shape index (κ2) is 6.06. The largest absolute Gasteiger partial charge is 0.500 e. The molecule has 17 heavy (non-hydrogen) atoms. The lowest BCUT2D eigenvalue weighted by molar-refractivity contribution is 0.123. The van der Waals surface area contributed by atoms with Crippen molar-refractivity contribution >= 4 is 8.80 Å². The van der Waals surface area contributed by atoms with Gasteiger partial charge in [-0.25, -0.2) is 0 Å². The van der Waals surface area contributed by atoms with Gasteiger partial charge < -0.3 is 23.5 Å². The van der Waals surface area contributed by atoms with Gasteiger partial charge in [0, 0.05) is 39.0 Å². The van der Waals surface area contributed by atoms with E-state index >= 15 is 0 Å². The zero-order valence-corrected chi connectivity index (χ0v) is 11.3. The monoisotopic (exact) mass is 261 g/mol. The predicted octanol–water partition coefficient (Wildman–Crippen LogP) is 1.24. The van der Waals surface area contributed by atoms with Crippen LogP contribution in [0, 0.1) is 0 Å². The highest BCUT2D eigenvalue weighted by molar-refractivity contribution is 6.60. The van der Waals surface area contributed by atoms with Gasteiger partial charge >= 0.3 is 8.80 Å². The highest BCUT2D eigenvalue weighted by Crippen LogP contribution is 2.25. The number of hydrogen-bond donors (Lipinski definition) is 3. The van der Waals surface area contributed by atoms with Crippen LogP contribution in [0.25, 0.3) is 0 Å². The number of aromatic nitrogens is 1. The molecule has 0 bridgehead atoms. The number of aromatic amines is 1. The first-order valence-electron chi connectivity index (χ1n) is 5.32. The third-order valence-corrected chi connectivity index (χ3v) is 5.56. The molecule has 3 N–H and O–H groups in total. The van der Waals surface area contributed by atoms with Gasteiger partial charge in [-0.3, -0.25) is 4.98 Å². The Morgan fingerprint density at radius 1 is 1.18 bits per heavy atom. The first-order chi connectivity index (χ1) is 8.06. The highest BCUT2D eigenvalue weighted by Gasteiger charge is 2.36. The first kappa shape index (κ1) is 14.0. The second-order valence-corrected chi connectivity index (χ2v) is 6.77. The molecule has 0 aliphatic rings. The molecule has 7 heteroatoms. The van der Waals surface area contributed by atoms with Crippen LogP contribution in [0.2, 0.25) is 6.04 Å². The Morgan fingerprint density at radius 2 is 1.76 bits per heavy atom. The highest BCUT2D eigenvalue weighted by atomic mass is 28.4. The average Bonchev–Trinajstić information content (AvgIpc) is 2.64. The molecule has 0 aromatic carbocycles. The molecule has 0 saturated heterocycles. The number of hydrogen-bond acceptors (Lipinski definition) is 5. The smallest absolute Gasteiger partial charge is 0.495 e. The van der Waals surface area contributed by atoms with Crippen molar-refractivity contribution in [3.05, 3.63) is 11.6 Å². The molecule has 0 aliphatic carbocycles. The maximum atomic E-state index is 9.43. The molecule has 1 rings (SSSR count). The maximum absolute atomic E-state index is 9.43. The van der Waals surface area contributed by atoms with E-state index in [9.17, 15) is 5.11 Å². The van der Waals surface area contributed by atoms with Gasteiger partial charge in [0.05, 0.1) is 0 Å². The fourth-order valence-electron chi connectivity index (χ4n) is 1.71. The zero-order valence-electron chi connectivity index (χ0n) is 10.3. The van der Waals surface area contributed by atoms with Crippen LogP contribution in [0.5, 0.6) is 11.8 Å². The van der Waals surface area contributed by atoms with Gasteiger partial charge in [0.15, 0.2) is 11.8 Å². The summed E-state index contributed by atoms with van der Waals surface area (Å²) in [5, 5.41) is 18.6. The molecule has 0 radical (unpaired) electrons. The number of aryl methyl sites for hydroxylation is 1. The van der Waals surface area contributed by atoms with E-state index in [0.717, 1.165) is 6.42 Å². The third-order valence-electron chi connectivity index (χ3n) is 2.72. The summed E-state index contributed by atoms with van der Waals surface area (Å²) in [5.74, 6) is -0.0340. The Labute approximate surface area is 102 Å². The predicted molar refractivity (Wildman–Crippen MR) is 64.0 cm³/mol. The van der Waals surface area contributed by atoms with E-state index < -0.39 is 8.80 Å². The van der Waals surface area contributed by atoms with E-state index in [0.29, 0.717) is 18.0 Å². The first-order valence-corrected chi connectivity index (χ1v) is 7.25. The Hall–Kier alpha value is -1.02. The molecular formula is C10H19NO5Si. The summed E-state index contributed by atoms with van der Waals surface area (Å²) in [6, 6.07) is 2.16. The lowest BCUT2D eigenvalue weighted by Gasteiger charge is -2.24. The molecule has 0 aliphatic heterocycles. The topological polar surface area (TPSA) is 83.9 Å². The van der Waals surface area contributed by atoms with Crippen molar-refractivity contribution in [2.45, 2.75) is 18.9 Å². The lowest BCUT2D eigenvalue weighted by Crippen LogP contribution is -2.42. The average molecular weight is 261 g/mol. The molecule has 1 heterocycles. The standard InChI is InChI=1S/C10H19NO5Si/c1-14-17(15-2,16-3)6-4-5-8-7-9(12)11-10(8)13/h7,11-13H,4-6H2,1-3H3. The molecule has 0 fully saturated rings. The van der Waals surface area contributed by atoms with E-state index in [1.54, 1.807) is 21.3 Å². The molecule has 0 spiro atoms. The van der Waals surface area contributed by atoms with Crippen molar-refractivity contribution in [2.75, 3.05) is 21.3 Å². The summed E-state index contributed by atoms with van der Waals surface area (Å²) in [6.45, 7) is 0. The quantitative estimate of drug-likeness (QED) is 0.643. The van der Waals surface area contributed by atoms with Gasteiger partial charge in [0.1, 0.15) is 0 Å². The van der Waals surface area contributed by atoms with Crippen LogP contribution < -0.4 is 0 Å². The number of H-pyrrole nitrogens is 1. The zero-order chi connectivity index (χ0) is 12.9. The van der Waals surface area contributed by atoms with Crippen molar-refractivity contribution in [1.82, 2.24) is 4.98 Å². The van der Waals surface area contributed by atoms with Gasteiger partial charge in [0.2, 0.25) is 0 Å². The number of nitrogens with one attached hydrogen (secondary N) is 1. The SMILES string of the molecule is CO[Si](CCCc1cc(O)[nH]c1O)(OC)OC. The van der Waals surface area contributed by atoms with Crippen LogP contribution in [-0.2, 0) is 19.7 Å².